The molecule has 0 aliphatic heterocycles. The normalized spacial score (nSPS) is 7.00. The van der Waals surface area contributed by atoms with Gasteiger partial charge in [-0.3, -0.25) is 0 Å². The minimum absolute atomic E-state index is 0. The van der Waals surface area contributed by atoms with Crippen molar-refractivity contribution in [3.05, 3.63) is 0 Å². The van der Waals surface area contributed by atoms with Gasteiger partial charge in [0.25, 0.3) is 0 Å². The molecule has 0 aromatic heterocycles. The van der Waals surface area contributed by atoms with Crippen LogP contribution in [0.3, 0.4) is 0 Å². The molecule has 0 aliphatic rings. The second-order valence-electron chi connectivity index (χ2n) is 1.12. The zero-order chi connectivity index (χ0) is 4.99. The van der Waals surface area contributed by atoms with E-state index in [-0.39, 0.29) is 36.0 Å². The van der Waals surface area contributed by atoms with E-state index in [1.54, 1.807) is 6.92 Å². The fourth-order valence-corrected chi connectivity index (χ4v) is 0.204. The third kappa shape index (κ3) is 10.7. The van der Waals surface area contributed by atoms with Crippen molar-refractivity contribution in [2.75, 3.05) is 0 Å². The molecule has 0 unspecified atom stereocenters. The monoisotopic (exact) mass is 113 g/mol. The fraction of sp³-hybridized carbons (Fsp3) is 0.750. The van der Waals surface area contributed by atoms with Gasteiger partial charge in [0.1, 0.15) is 0 Å². The number of rotatable bonds is 2. The van der Waals surface area contributed by atoms with E-state index in [0.29, 0.717) is 6.42 Å². The van der Waals surface area contributed by atoms with Crippen LogP contribution in [0.4, 0.5) is 0 Å². The molecule has 0 N–H and O–H groups in total. The Kier molecular flexibility index (Phi) is 9.66. The molecule has 0 aliphatic carbocycles. The average molecular weight is 113 g/mol. The topological polar surface area (TPSA) is 40.1 Å². The van der Waals surface area contributed by atoms with E-state index >= 15 is 0 Å². The van der Waals surface area contributed by atoms with Gasteiger partial charge in [-0.25, -0.2) is 0 Å². The first-order valence-corrected chi connectivity index (χ1v) is 1.97. The van der Waals surface area contributed by atoms with Crippen LogP contribution in [0.1, 0.15) is 19.8 Å². The Labute approximate surface area is 65.2 Å². The van der Waals surface area contributed by atoms with Crippen LogP contribution in [0, 0.1) is 0 Å². The molecule has 0 saturated heterocycles. The summed E-state index contributed by atoms with van der Waals surface area (Å²) < 4.78 is 0. The Hall–Kier alpha value is 0.470. The molecule has 0 atom stereocenters. The second-order valence-corrected chi connectivity index (χ2v) is 1.12. The first kappa shape index (κ1) is 10.5. The van der Waals surface area contributed by atoms with Crippen molar-refractivity contribution in [1.29, 1.82) is 0 Å². The summed E-state index contributed by atoms with van der Waals surface area (Å²) >= 11 is 0. The Balaban J connectivity index is 0. The van der Waals surface area contributed by atoms with Crippen molar-refractivity contribution in [3.63, 3.8) is 0 Å². The third-order valence-electron chi connectivity index (χ3n) is 0.454. The molecule has 0 fully saturated rings. The summed E-state index contributed by atoms with van der Waals surface area (Å²) in [6.07, 6.45) is 0.850. The van der Waals surface area contributed by atoms with Gasteiger partial charge in [-0.15, -0.1) is 0 Å². The molecule has 0 bridgehead atoms. The van der Waals surface area contributed by atoms with Crippen LogP contribution < -0.4 is 34.7 Å². The number of hydrogen-bond donors (Lipinski definition) is 0. The molecule has 7 heavy (non-hydrogen) atoms. The molecule has 0 saturated carbocycles. The van der Waals surface area contributed by atoms with Gasteiger partial charge in [0.05, 0.1) is 0 Å². The fourth-order valence-electron chi connectivity index (χ4n) is 0.204. The average Bonchev–Trinajstić information content (AvgIpc) is 1.35. The number of hydrogen-bond acceptors (Lipinski definition) is 2. The second kappa shape index (κ2) is 6.47. The first-order valence-electron chi connectivity index (χ1n) is 1.97. The summed E-state index contributed by atoms with van der Waals surface area (Å²) in [6.45, 7) is 1.80. The van der Waals surface area contributed by atoms with Crippen molar-refractivity contribution in [3.8, 4) is 0 Å². The molecule has 0 heterocycles. The van der Waals surface area contributed by atoms with Gasteiger partial charge in [0, 0.05) is 5.97 Å². The summed E-state index contributed by atoms with van der Waals surface area (Å²) in [5, 5.41) is 9.49. The Morgan fingerprint density at radius 1 is 1.71 bits per heavy atom. The van der Waals surface area contributed by atoms with Crippen molar-refractivity contribution in [1.82, 2.24) is 0 Å². The minimum atomic E-state index is -0.961. The molecular formula is C4H7NaO2. The van der Waals surface area contributed by atoms with Crippen molar-refractivity contribution >= 4 is 5.97 Å². The van der Waals surface area contributed by atoms with Crippen LogP contribution in [-0.2, 0) is 4.79 Å². The van der Waals surface area contributed by atoms with Gasteiger partial charge < -0.3 is 9.90 Å². The molecule has 3 heteroatoms. The number of carboxylic acid groups (broad SMARTS) is 1. The van der Waals surface area contributed by atoms with Gasteiger partial charge in [-0.2, -0.15) is 0 Å². The number of aliphatic carboxylic acids is 1. The number of carboxylic acids is 1. The van der Waals surface area contributed by atoms with Crippen LogP contribution in [0.25, 0.3) is 0 Å². The van der Waals surface area contributed by atoms with Crippen LogP contribution >= 0.6 is 0 Å². The van der Waals surface area contributed by atoms with Gasteiger partial charge >= 0.3 is 29.6 Å². The first-order chi connectivity index (χ1) is 2.77. The van der Waals surface area contributed by atoms with Crippen molar-refractivity contribution < 1.29 is 39.5 Å². The van der Waals surface area contributed by atoms with E-state index in [0.717, 1.165) is 0 Å². The molecule has 0 rings (SSSR count). The maximum atomic E-state index is 9.49. The Morgan fingerprint density at radius 3 is 2.14 bits per heavy atom. The molecule has 36 valence electrons. The van der Waals surface area contributed by atoms with E-state index in [1.165, 1.54) is 0 Å². The standard InChI is InChI=1S/C4H8O2.Na/c1-2-3-4(5)6;/h2-3H2,1H3,(H,5,6);/q;+1/p-1/i2+1,3+1,4+1;. The van der Waals surface area contributed by atoms with E-state index in [4.69, 9.17) is 0 Å². The summed E-state index contributed by atoms with van der Waals surface area (Å²) in [4.78, 5) is 9.49. The van der Waals surface area contributed by atoms with Crippen molar-refractivity contribution in [2.45, 2.75) is 19.8 Å². The van der Waals surface area contributed by atoms with Crippen LogP contribution in [0.15, 0.2) is 0 Å². The molecule has 2 nitrogen and oxygen atoms in total. The molecule has 0 aromatic carbocycles. The summed E-state index contributed by atoms with van der Waals surface area (Å²) in [6, 6.07) is 0. The molecule has 0 radical (unpaired) electrons. The Bertz CT molecular complexity index is 53.7. The van der Waals surface area contributed by atoms with Crippen molar-refractivity contribution in [2.24, 2.45) is 0 Å². The molecule has 0 spiro atoms. The predicted molar refractivity (Wildman–Crippen MR) is 19.9 cm³/mol. The third-order valence-corrected chi connectivity index (χ3v) is 0.454. The predicted octanol–water partition coefficient (Wildman–Crippen LogP) is -3.46. The summed E-state index contributed by atoms with van der Waals surface area (Å²) in [5.41, 5.74) is 0. The zero-order valence-electron chi connectivity index (χ0n) is 4.73. The molecular weight excluding hydrogens is 106 g/mol. The van der Waals surface area contributed by atoms with Crippen LogP contribution in [-0.4, -0.2) is 5.97 Å². The molecule has 0 aromatic rings. The van der Waals surface area contributed by atoms with Gasteiger partial charge in [-0.05, 0) is 6.42 Å². The van der Waals surface area contributed by atoms with E-state index in [1.807, 2.05) is 0 Å². The number of carbonyl (C=O) groups excluding carboxylic acids is 1. The number of carbonyl (C=O) groups is 1. The van der Waals surface area contributed by atoms with E-state index < -0.39 is 5.97 Å². The summed E-state index contributed by atoms with van der Waals surface area (Å²) in [7, 11) is 0. The Morgan fingerprint density at radius 2 is 2.14 bits per heavy atom. The smallest absolute Gasteiger partial charge is 0.550 e. The SMILES string of the molecule is C[13CH2][13CH2][13C](=O)[O-].[Na+]. The molecule has 0 amide bonds. The largest absolute Gasteiger partial charge is 1.00 e. The van der Waals surface area contributed by atoms with Gasteiger partial charge in [0.15, 0.2) is 0 Å². The van der Waals surface area contributed by atoms with Crippen LogP contribution in [0.2, 0.25) is 0 Å². The maximum absolute atomic E-state index is 9.49. The van der Waals surface area contributed by atoms with Gasteiger partial charge in [0.2, 0.25) is 0 Å². The van der Waals surface area contributed by atoms with E-state index in [9.17, 15) is 9.90 Å². The van der Waals surface area contributed by atoms with E-state index in [2.05, 4.69) is 0 Å². The quantitative estimate of drug-likeness (QED) is 0.276. The minimum Gasteiger partial charge on any atom is -0.550 e. The maximum Gasteiger partial charge on any atom is 1.00 e. The summed E-state index contributed by atoms with van der Waals surface area (Å²) in [5.74, 6) is -0.961. The zero-order valence-corrected chi connectivity index (χ0v) is 6.73. The van der Waals surface area contributed by atoms with Crippen LogP contribution in [0.5, 0.6) is 0 Å². The van der Waals surface area contributed by atoms with Gasteiger partial charge in [-0.1, -0.05) is 13.3 Å².